The van der Waals surface area contributed by atoms with Gasteiger partial charge in [-0.25, -0.2) is 0 Å². The molecule has 0 bridgehead atoms. The Balaban J connectivity index is 2.03. The van der Waals surface area contributed by atoms with E-state index in [9.17, 15) is 24.0 Å². The molecule has 11 nitrogen and oxygen atoms in total. The summed E-state index contributed by atoms with van der Waals surface area (Å²) >= 11 is 1.20. The van der Waals surface area contributed by atoms with Crippen molar-refractivity contribution in [3.63, 3.8) is 0 Å². The Bertz CT molecular complexity index is 767. The SMILES string of the molecule is CCCCCCCC(=O)OCCCCOCCOCC(=O)C(N)CSC1CC(=O)N(CCCC(=O)NC)C1=O. The number of ether oxygens (including phenoxy) is 3. The number of nitrogens with one attached hydrogen (secondary N) is 1. The maximum Gasteiger partial charge on any atom is 0.305 e. The first-order valence-electron chi connectivity index (χ1n) is 14.1. The van der Waals surface area contributed by atoms with Crippen molar-refractivity contribution in [2.24, 2.45) is 5.73 Å². The molecule has 2 atom stereocenters. The molecule has 0 spiro atoms. The van der Waals surface area contributed by atoms with Crippen LogP contribution in [-0.4, -0.2) is 98.0 Å². The summed E-state index contributed by atoms with van der Waals surface area (Å²) in [6.07, 6.45) is 8.21. The van der Waals surface area contributed by atoms with Crippen LogP contribution in [0, 0.1) is 0 Å². The third kappa shape index (κ3) is 16.0. The van der Waals surface area contributed by atoms with Gasteiger partial charge in [-0.2, -0.15) is 0 Å². The Hall–Kier alpha value is -2.02. The number of esters is 1. The molecule has 12 heteroatoms. The van der Waals surface area contributed by atoms with Crippen LogP contribution >= 0.6 is 11.8 Å². The number of imide groups is 1. The van der Waals surface area contributed by atoms with Crippen molar-refractivity contribution in [3.05, 3.63) is 0 Å². The van der Waals surface area contributed by atoms with Crippen LogP contribution in [0.25, 0.3) is 0 Å². The highest BCUT2D eigenvalue weighted by atomic mass is 32.2. The largest absolute Gasteiger partial charge is 0.466 e. The van der Waals surface area contributed by atoms with Gasteiger partial charge >= 0.3 is 5.97 Å². The van der Waals surface area contributed by atoms with Crippen molar-refractivity contribution >= 4 is 41.2 Å². The minimum atomic E-state index is -0.805. The molecule has 1 fully saturated rings. The number of carbonyl (C=O) groups excluding carboxylic acids is 5. The van der Waals surface area contributed by atoms with Gasteiger partial charge in [0.05, 0.1) is 31.1 Å². The van der Waals surface area contributed by atoms with Gasteiger partial charge in [0.1, 0.15) is 6.61 Å². The zero-order valence-corrected chi connectivity index (χ0v) is 24.4. The lowest BCUT2D eigenvalue weighted by Crippen LogP contribution is -2.37. The number of hydrogen-bond acceptors (Lipinski definition) is 10. The van der Waals surface area contributed by atoms with E-state index in [2.05, 4.69) is 12.2 Å². The average molecular weight is 574 g/mol. The highest BCUT2D eigenvalue weighted by molar-refractivity contribution is 8.00. The number of amides is 3. The Morgan fingerprint density at radius 3 is 2.44 bits per heavy atom. The summed E-state index contributed by atoms with van der Waals surface area (Å²) < 4.78 is 16.0. The molecule has 39 heavy (non-hydrogen) atoms. The van der Waals surface area contributed by atoms with Gasteiger partial charge in [-0.15, -0.1) is 11.8 Å². The van der Waals surface area contributed by atoms with Crippen molar-refractivity contribution in [3.8, 4) is 0 Å². The molecule has 0 aromatic heterocycles. The Kier molecular flexibility index (Phi) is 19.5. The fraction of sp³-hybridized carbons (Fsp3) is 0.815. The molecule has 0 radical (unpaired) electrons. The van der Waals surface area contributed by atoms with Gasteiger partial charge in [0, 0.05) is 45.2 Å². The van der Waals surface area contributed by atoms with Crippen molar-refractivity contribution in [2.45, 2.75) is 88.8 Å². The number of likely N-dealkylation sites (tertiary alicyclic amines) is 1. The molecule has 3 N–H and O–H groups in total. The van der Waals surface area contributed by atoms with Gasteiger partial charge in [-0.1, -0.05) is 32.6 Å². The summed E-state index contributed by atoms with van der Waals surface area (Å²) in [7, 11) is 1.53. The Labute approximate surface area is 236 Å². The van der Waals surface area contributed by atoms with E-state index in [1.165, 1.54) is 43.0 Å². The van der Waals surface area contributed by atoms with E-state index in [0.717, 1.165) is 25.7 Å². The van der Waals surface area contributed by atoms with E-state index >= 15 is 0 Å². The van der Waals surface area contributed by atoms with Gasteiger partial charge in [-0.3, -0.25) is 28.9 Å². The van der Waals surface area contributed by atoms with Crippen molar-refractivity contribution in [1.29, 1.82) is 0 Å². The van der Waals surface area contributed by atoms with Crippen LogP contribution in [0.2, 0.25) is 0 Å². The smallest absolute Gasteiger partial charge is 0.305 e. The summed E-state index contributed by atoms with van der Waals surface area (Å²) in [5, 5.41) is 1.94. The predicted molar refractivity (Wildman–Crippen MR) is 149 cm³/mol. The molecule has 1 aliphatic heterocycles. The number of nitrogens with zero attached hydrogens (tertiary/aromatic N) is 1. The molecule has 0 aromatic carbocycles. The number of ketones is 1. The molecule has 224 valence electrons. The molecule has 3 amide bonds. The average Bonchev–Trinajstić information content (AvgIpc) is 3.19. The van der Waals surface area contributed by atoms with Crippen molar-refractivity contribution < 1.29 is 38.2 Å². The van der Waals surface area contributed by atoms with Gasteiger partial charge in [0.2, 0.25) is 17.7 Å². The number of Topliss-reactive ketones (excluding diaryl/α,β-unsaturated/α-hetero) is 1. The topological polar surface area (TPSA) is 154 Å². The number of unbranched alkanes of at least 4 members (excludes halogenated alkanes) is 5. The molecule has 1 heterocycles. The van der Waals surface area contributed by atoms with Gasteiger partial charge in [-0.05, 0) is 25.7 Å². The molecular formula is C27H47N3O8S. The van der Waals surface area contributed by atoms with Crippen LogP contribution in [0.5, 0.6) is 0 Å². The second kappa shape index (κ2) is 21.8. The van der Waals surface area contributed by atoms with E-state index in [1.807, 2.05) is 0 Å². The van der Waals surface area contributed by atoms with Crippen LogP contribution in [0.3, 0.4) is 0 Å². The fourth-order valence-corrected chi connectivity index (χ4v) is 4.95. The highest BCUT2D eigenvalue weighted by Crippen LogP contribution is 2.26. The molecule has 0 aromatic rings. The minimum absolute atomic E-state index is 0.0692. The molecular weight excluding hydrogens is 526 g/mol. The van der Waals surface area contributed by atoms with Crippen LogP contribution < -0.4 is 11.1 Å². The van der Waals surface area contributed by atoms with Crippen LogP contribution in [-0.2, 0) is 38.2 Å². The zero-order valence-electron chi connectivity index (χ0n) is 23.6. The summed E-state index contributed by atoms with van der Waals surface area (Å²) in [5.74, 6) is -0.928. The van der Waals surface area contributed by atoms with E-state index in [0.29, 0.717) is 32.7 Å². The van der Waals surface area contributed by atoms with E-state index in [4.69, 9.17) is 19.9 Å². The van der Waals surface area contributed by atoms with Crippen molar-refractivity contribution in [1.82, 2.24) is 10.2 Å². The lowest BCUT2D eigenvalue weighted by molar-refractivity contribution is -0.144. The predicted octanol–water partition coefficient (Wildman–Crippen LogP) is 1.99. The fourth-order valence-electron chi connectivity index (χ4n) is 3.79. The van der Waals surface area contributed by atoms with Crippen LogP contribution in [0.15, 0.2) is 0 Å². The monoisotopic (exact) mass is 573 g/mol. The Morgan fingerprint density at radius 2 is 1.69 bits per heavy atom. The number of thioether (sulfide) groups is 1. The van der Waals surface area contributed by atoms with Gasteiger partial charge < -0.3 is 25.3 Å². The molecule has 1 rings (SSSR count). The standard InChI is InChI=1S/C27H47N3O8S/c1-3-4-5-6-7-12-26(34)38-15-9-8-14-36-16-17-37-19-22(31)21(28)20-39-23-18-25(33)30(27(23)35)13-10-11-24(32)29-2/h21,23H,3-20,28H2,1-2H3,(H,29,32). The maximum atomic E-state index is 12.5. The second-order valence-electron chi connectivity index (χ2n) is 9.52. The lowest BCUT2D eigenvalue weighted by atomic mass is 10.1. The first-order chi connectivity index (χ1) is 18.8. The molecule has 2 unspecified atom stereocenters. The molecule has 0 saturated carbocycles. The van der Waals surface area contributed by atoms with Crippen LogP contribution in [0.4, 0.5) is 0 Å². The van der Waals surface area contributed by atoms with Crippen molar-refractivity contribution in [2.75, 3.05) is 52.4 Å². The normalized spacial score (nSPS) is 16.0. The third-order valence-corrected chi connectivity index (χ3v) is 7.53. The first kappa shape index (κ1) is 35.0. The second-order valence-corrected chi connectivity index (χ2v) is 10.8. The quantitative estimate of drug-likeness (QED) is 0.0995. The third-order valence-electron chi connectivity index (χ3n) is 6.20. The Morgan fingerprint density at radius 1 is 0.974 bits per heavy atom. The summed E-state index contributed by atoms with van der Waals surface area (Å²) in [4.78, 5) is 61.0. The maximum absolute atomic E-state index is 12.5. The highest BCUT2D eigenvalue weighted by Gasteiger charge is 2.38. The zero-order chi connectivity index (χ0) is 28.9. The number of nitrogens with two attached hydrogens (primary N) is 1. The number of rotatable bonds is 24. The summed E-state index contributed by atoms with van der Waals surface area (Å²) in [6.45, 7) is 3.71. The summed E-state index contributed by atoms with van der Waals surface area (Å²) in [6, 6.07) is -0.805. The van der Waals surface area contributed by atoms with E-state index < -0.39 is 11.3 Å². The molecule has 0 aliphatic carbocycles. The number of hydrogen-bond donors (Lipinski definition) is 2. The minimum Gasteiger partial charge on any atom is -0.466 e. The van der Waals surface area contributed by atoms with E-state index in [1.54, 1.807) is 0 Å². The van der Waals surface area contributed by atoms with Gasteiger partial charge in [0.15, 0.2) is 5.78 Å². The first-order valence-corrected chi connectivity index (χ1v) is 15.1. The van der Waals surface area contributed by atoms with Crippen LogP contribution in [0.1, 0.15) is 77.6 Å². The van der Waals surface area contributed by atoms with Gasteiger partial charge in [0.25, 0.3) is 0 Å². The molecule has 1 saturated heterocycles. The lowest BCUT2D eigenvalue weighted by Gasteiger charge is -2.15. The molecule has 1 aliphatic rings. The number of carbonyl (C=O) groups is 5. The summed E-state index contributed by atoms with van der Waals surface area (Å²) in [5.41, 5.74) is 5.94. The van der Waals surface area contributed by atoms with E-state index in [-0.39, 0.29) is 67.8 Å².